The van der Waals surface area contributed by atoms with Crippen molar-refractivity contribution in [2.75, 3.05) is 40.0 Å². The van der Waals surface area contributed by atoms with Crippen molar-refractivity contribution in [2.24, 2.45) is 0 Å². The molecular formula is C22H30N4O4. The van der Waals surface area contributed by atoms with Crippen LogP contribution in [0.2, 0.25) is 0 Å². The van der Waals surface area contributed by atoms with Crippen molar-refractivity contribution in [1.82, 2.24) is 20.0 Å². The van der Waals surface area contributed by atoms with Gasteiger partial charge in [0.05, 0.1) is 6.42 Å². The van der Waals surface area contributed by atoms with Gasteiger partial charge in [-0.1, -0.05) is 11.2 Å². The van der Waals surface area contributed by atoms with Gasteiger partial charge in [-0.2, -0.15) is 4.98 Å². The summed E-state index contributed by atoms with van der Waals surface area (Å²) < 4.78 is 16.5. The first-order valence-corrected chi connectivity index (χ1v) is 10.8. The minimum Gasteiger partial charge on any atom is -0.385 e. The zero-order valence-electron chi connectivity index (χ0n) is 17.6. The molecule has 0 spiro atoms. The van der Waals surface area contributed by atoms with E-state index in [-0.39, 0.29) is 17.2 Å². The molecule has 0 aliphatic carbocycles. The van der Waals surface area contributed by atoms with Crippen LogP contribution in [0.1, 0.15) is 55.3 Å². The summed E-state index contributed by atoms with van der Waals surface area (Å²) >= 11 is 0. The first kappa shape index (κ1) is 20.9. The molecule has 8 nitrogen and oxygen atoms in total. The van der Waals surface area contributed by atoms with Crippen molar-refractivity contribution in [3.05, 3.63) is 41.8 Å². The maximum Gasteiger partial charge on any atom is 0.229 e. The third kappa shape index (κ3) is 4.70. The Balaban J connectivity index is 1.43. The summed E-state index contributed by atoms with van der Waals surface area (Å²) in [5.74, 6) is 1.90. The second-order valence-electron chi connectivity index (χ2n) is 8.28. The molecule has 2 saturated heterocycles. The van der Waals surface area contributed by atoms with Crippen LogP contribution in [0.15, 0.2) is 29.0 Å². The van der Waals surface area contributed by atoms with Gasteiger partial charge in [-0.25, -0.2) is 0 Å². The molecule has 2 aromatic heterocycles. The van der Waals surface area contributed by atoms with Crippen LogP contribution in [-0.4, -0.2) is 66.0 Å². The number of likely N-dealkylation sites (tertiary alicyclic amines) is 1. The van der Waals surface area contributed by atoms with Gasteiger partial charge in [0.1, 0.15) is 0 Å². The van der Waals surface area contributed by atoms with Crippen LogP contribution in [0.5, 0.6) is 0 Å². The van der Waals surface area contributed by atoms with Gasteiger partial charge in [0.25, 0.3) is 0 Å². The maximum atomic E-state index is 12.8. The fourth-order valence-electron chi connectivity index (χ4n) is 4.42. The highest BCUT2D eigenvalue weighted by atomic mass is 16.5. The van der Waals surface area contributed by atoms with Gasteiger partial charge >= 0.3 is 0 Å². The standard InChI is InChI=1S/C22H30N4O4/c1-28-14-8-22(21-24-20(30-25-21)18-4-12-29-13-5-18)6-10-26(11-7-22)19(27)15-17-3-2-9-23-16-17/h2-3,9,16,18H,4-8,10-15H2,1H3. The van der Waals surface area contributed by atoms with Crippen molar-refractivity contribution >= 4 is 5.91 Å². The van der Waals surface area contributed by atoms with Gasteiger partial charge in [-0.05, 0) is 43.7 Å². The minimum absolute atomic E-state index is 0.138. The molecule has 4 rings (SSSR count). The molecule has 0 saturated carbocycles. The molecule has 2 aromatic rings. The zero-order valence-corrected chi connectivity index (χ0v) is 17.6. The smallest absolute Gasteiger partial charge is 0.229 e. The van der Waals surface area contributed by atoms with Gasteiger partial charge in [-0.15, -0.1) is 0 Å². The molecule has 1 amide bonds. The van der Waals surface area contributed by atoms with Crippen LogP contribution in [0, 0.1) is 0 Å². The molecule has 162 valence electrons. The zero-order chi connectivity index (χ0) is 20.8. The number of piperidine rings is 1. The molecule has 0 N–H and O–H groups in total. The predicted molar refractivity (Wildman–Crippen MR) is 109 cm³/mol. The van der Waals surface area contributed by atoms with Crippen molar-refractivity contribution in [3.63, 3.8) is 0 Å². The van der Waals surface area contributed by atoms with Crippen molar-refractivity contribution in [2.45, 2.75) is 49.9 Å². The van der Waals surface area contributed by atoms with Crippen LogP contribution in [-0.2, 0) is 26.1 Å². The van der Waals surface area contributed by atoms with Crippen LogP contribution < -0.4 is 0 Å². The summed E-state index contributed by atoms with van der Waals surface area (Å²) in [5, 5.41) is 4.38. The molecule has 2 fully saturated rings. The van der Waals surface area contributed by atoms with Crippen molar-refractivity contribution in [1.29, 1.82) is 0 Å². The summed E-state index contributed by atoms with van der Waals surface area (Å²) in [4.78, 5) is 23.6. The molecule has 2 aliphatic heterocycles. The second kappa shape index (κ2) is 9.66. The monoisotopic (exact) mass is 414 g/mol. The summed E-state index contributed by atoms with van der Waals surface area (Å²) in [5.41, 5.74) is 0.728. The van der Waals surface area contributed by atoms with Crippen LogP contribution in [0.25, 0.3) is 0 Å². The van der Waals surface area contributed by atoms with Crippen LogP contribution >= 0.6 is 0 Å². The maximum absolute atomic E-state index is 12.8. The average molecular weight is 415 g/mol. The van der Waals surface area contributed by atoms with E-state index in [1.807, 2.05) is 17.0 Å². The molecule has 8 heteroatoms. The lowest BCUT2D eigenvalue weighted by molar-refractivity contribution is -0.132. The Kier molecular flexibility index (Phi) is 6.74. The number of amides is 1. The van der Waals surface area contributed by atoms with E-state index in [0.717, 1.165) is 62.6 Å². The predicted octanol–water partition coefficient (Wildman–Crippen LogP) is 2.50. The fourth-order valence-corrected chi connectivity index (χ4v) is 4.42. The second-order valence-corrected chi connectivity index (χ2v) is 8.28. The summed E-state index contributed by atoms with van der Waals surface area (Å²) in [6.07, 6.45) is 8.13. The highest BCUT2D eigenvalue weighted by Gasteiger charge is 2.41. The minimum atomic E-state index is -0.214. The average Bonchev–Trinajstić information content (AvgIpc) is 3.30. The van der Waals surface area contributed by atoms with Crippen molar-refractivity contribution in [3.8, 4) is 0 Å². The number of rotatable bonds is 7. The van der Waals surface area contributed by atoms with Gasteiger partial charge in [0.2, 0.25) is 11.8 Å². The van der Waals surface area contributed by atoms with E-state index in [4.69, 9.17) is 19.0 Å². The van der Waals surface area contributed by atoms with Gasteiger partial charge in [0, 0.05) is 63.7 Å². The Morgan fingerprint density at radius 3 is 2.80 bits per heavy atom. The molecule has 0 aromatic carbocycles. The quantitative estimate of drug-likeness (QED) is 0.687. The van der Waals surface area contributed by atoms with E-state index in [1.54, 1.807) is 19.5 Å². The van der Waals surface area contributed by atoms with E-state index in [9.17, 15) is 4.79 Å². The number of carbonyl (C=O) groups excluding carboxylic acids is 1. The van der Waals surface area contributed by atoms with E-state index < -0.39 is 0 Å². The molecule has 30 heavy (non-hydrogen) atoms. The lowest BCUT2D eigenvalue weighted by Crippen LogP contribution is -2.46. The first-order chi connectivity index (χ1) is 14.7. The molecule has 0 radical (unpaired) electrons. The number of ether oxygens (including phenoxy) is 2. The number of carbonyl (C=O) groups is 1. The molecule has 4 heterocycles. The number of hydrogen-bond donors (Lipinski definition) is 0. The van der Waals surface area contributed by atoms with E-state index >= 15 is 0 Å². The summed E-state index contributed by atoms with van der Waals surface area (Å²) in [6.45, 7) is 3.48. The lowest BCUT2D eigenvalue weighted by atomic mass is 9.75. The normalized spacial score (nSPS) is 19.7. The van der Waals surface area contributed by atoms with Crippen molar-refractivity contribution < 1.29 is 18.8 Å². The van der Waals surface area contributed by atoms with E-state index in [1.165, 1.54) is 0 Å². The third-order valence-corrected chi connectivity index (χ3v) is 6.42. The van der Waals surface area contributed by atoms with Crippen LogP contribution in [0.3, 0.4) is 0 Å². The van der Waals surface area contributed by atoms with Crippen LogP contribution in [0.4, 0.5) is 0 Å². The number of nitrogens with zero attached hydrogens (tertiary/aromatic N) is 4. The molecule has 0 unspecified atom stereocenters. The summed E-state index contributed by atoms with van der Waals surface area (Å²) in [6, 6.07) is 3.80. The van der Waals surface area contributed by atoms with E-state index in [0.29, 0.717) is 26.1 Å². The number of aromatic nitrogens is 3. The molecular weight excluding hydrogens is 384 g/mol. The largest absolute Gasteiger partial charge is 0.385 e. The van der Waals surface area contributed by atoms with Gasteiger partial charge < -0.3 is 18.9 Å². The number of pyridine rings is 1. The highest BCUT2D eigenvalue weighted by molar-refractivity contribution is 5.78. The first-order valence-electron chi connectivity index (χ1n) is 10.8. The highest BCUT2D eigenvalue weighted by Crippen LogP contribution is 2.38. The Hall–Kier alpha value is -2.32. The molecule has 0 bridgehead atoms. The fraction of sp³-hybridized carbons (Fsp3) is 0.636. The molecule has 0 atom stereocenters. The Morgan fingerprint density at radius 2 is 2.10 bits per heavy atom. The molecule has 2 aliphatic rings. The topological polar surface area (TPSA) is 90.6 Å². The third-order valence-electron chi connectivity index (χ3n) is 6.42. The Bertz CT molecular complexity index is 812. The lowest BCUT2D eigenvalue weighted by Gasteiger charge is -2.40. The van der Waals surface area contributed by atoms with E-state index in [2.05, 4.69) is 10.1 Å². The Labute approximate surface area is 177 Å². The summed E-state index contributed by atoms with van der Waals surface area (Å²) in [7, 11) is 1.71. The number of methoxy groups -OCH3 is 1. The Morgan fingerprint density at radius 1 is 1.30 bits per heavy atom. The van der Waals surface area contributed by atoms with Gasteiger partial charge in [0.15, 0.2) is 5.82 Å². The van der Waals surface area contributed by atoms with Gasteiger partial charge in [-0.3, -0.25) is 9.78 Å². The SMILES string of the molecule is COCCC1(c2noc(C3CCOCC3)n2)CCN(C(=O)Cc2cccnc2)CC1. The number of hydrogen-bond acceptors (Lipinski definition) is 7.